The lowest BCUT2D eigenvalue weighted by Gasteiger charge is -2.06. The number of rotatable bonds is 5. The molecule has 8 heteroatoms. The molecule has 1 heterocycles. The molecule has 0 fully saturated rings. The molecule has 2 rings (SSSR count). The van der Waals surface area contributed by atoms with E-state index >= 15 is 0 Å². The van der Waals surface area contributed by atoms with Gasteiger partial charge in [0.05, 0.1) is 16.5 Å². The van der Waals surface area contributed by atoms with Crippen LogP contribution >= 0.6 is 23.4 Å². The number of halogens is 1. The van der Waals surface area contributed by atoms with E-state index in [0.717, 1.165) is 5.75 Å². The van der Waals surface area contributed by atoms with Gasteiger partial charge in [0.2, 0.25) is 0 Å². The number of benzene rings is 1. The van der Waals surface area contributed by atoms with Crippen LogP contribution in [0.2, 0.25) is 5.02 Å². The maximum absolute atomic E-state index is 12.1. The van der Waals surface area contributed by atoms with Gasteiger partial charge < -0.3 is 5.21 Å². The summed E-state index contributed by atoms with van der Waals surface area (Å²) >= 11 is 7.22. The van der Waals surface area contributed by atoms with Crippen molar-refractivity contribution in [2.24, 2.45) is 10.1 Å². The highest BCUT2D eigenvalue weighted by molar-refractivity contribution is 8.15. The first kappa shape index (κ1) is 15.3. The van der Waals surface area contributed by atoms with E-state index in [1.807, 2.05) is 0 Å². The molecule has 0 bridgehead atoms. The number of oxime groups is 1. The van der Waals surface area contributed by atoms with E-state index < -0.39 is 9.84 Å². The monoisotopic (exact) mass is 332 g/mol. The molecule has 0 atom stereocenters. The van der Waals surface area contributed by atoms with Gasteiger partial charge in [0.1, 0.15) is 5.71 Å². The van der Waals surface area contributed by atoms with E-state index in [0.29, 0.717) is 22.2 Å². The second-order valence-electron chi connectivity index (χ2n) is 4.21. The number of hydrogen-bond donors (Lipinski definition) is 1. The number of nitrogens with zero attached hydrogens (tertiary/aromatic N) is 2. The van der Waals surface area contributed by atoms with E-state index in [9.17, 15) is 8.42 Å². The van der Waals surface area contributed by atoms with Crippen LogP contribution in [0, 0.1) is 0 Å². The fourth-order valence-electron chi connectivity index (χ4n) is 1.73. The molecule has 0 radical (unpaired) electrons. The van der Waals surface area contributed by atoms with Crippen LogP contribution in [0.5, 0.6) is 0 Å². The zero-order valence-corrected chi connectivity index (χ0v) is 12.9. The quantitative estimate of drug-likeness (QED) is 0.508. The highest BCUT2D eigenvalue weighted by atomic mass is 35.5. The van der Waals surface area contributed by atoms with Crippen molar-refractivity contribution < 1.29 is 13.6 Å². The van der Waals surface area contributed by atoms with Gasteiger partial charge in [-0.15, -0.1) is 11.8 Å². The molecule has 0 amide bonds. The lowest BCUT2D eigenvalue weighted by Crippen LogP contribution is -2.22. The maximum Gasteiger partial charge on any atom is 0.162 e. The second-order valence-corrected chi connectivity index (χ2v) is 7.88. The first-order valence-corrected chi connectivity index (χ1v) is 9.02. The van der Waals surface area contributed by atoms with Crippen molar-refractivity contribution in [2.75, 3.05) is 23.8 Å². The van der Waals surface area contributed by atoms with Gasteiger partial charge in [-0.1, -0.05) is 28.9 Å². The molecular formula is C12H13ClN2O3S2. The molecule has 108 valence electrons. The molecule has 0 unspecified atom stereocenters. The molecule has 20 heavy (non-hydrogen) atoms. The van der Waals surface area contributed by atoms with Crippen molar-refractivity contribution in [3.05, 3.63) is 34.9 Å². The molecule has 1 aromatic rings. The van der Waals surface area contributed by atoms with Crippen molar-refractivity contribution in [1.29, 1.82) is 0 Å². The third-order valence-corrected chi connectivity index (χ3v) is 5.50. The van der Waals surface area contributed by atoms with E-state index in [1.54, 1.807) is 24.3 Å². The predicted octanol–water partition coefficient (Wildman–Crippen LogP) is 2.08. The van der Waals surface area contributed by atoms with Gasteiger partial charge in [-0.25, -0.2) is 8.42 Å². The molecule has 1 aliphatic heterocycles. The Bertz CT molecular complexity index is 639. The SMILES string of the molecule is O=S(=O)(CC1=NCCS1)C/C(=N/O)c1ccc(Cl)cc1. The summed E-state index contributed by atoms with van der Waals surface area (Å²) in [7, 11) is -3.41. The van der Waals surface area contributed by atoms with Crippen molar-refractivity contribution in [3.63, 3.8) is 0 Å². The second kappa shape index (κ2) is 6.60. The minimum atomic E-state index is -3.41. The Morgan fingerprint density at radius 3 is 2.65 bits per heavy atom. The Labute approximate surface area is 126 Å². The maximum atomic E-state index is 12.1. The predicted molar refractivity (Wildman–Crippen MR) is 83.2 cm³/mol. The van der Waals surface area contributed by atoms with E-state index in [1.165, 1.54) is 11.8 Å². The highest BCUT2D eigenvalue weighted by Gasteiger charge is 2.21. The smallest absolute Gasteiger partial charge is 0.162 e. The van der Waals surface area contributed by atoms with E-state index in [-0.39, 0.29) is 17.2 Å². The zero-order valence-electron chi connectivity index (χ0n) is 10.5. The normalized spacial score (nSPS) is 16.2. The standard InChI is InChI=1S/C12H13ClN2O3S2/c13-10-3-1-9(2-4-10)11(15-16)7-20(17,18)8-12-14-5-6-19-12/h1-4,16H,5-8H2/b15-11-. The van der Waals surface area contributed by atoms with E-state index in [2.05, 4.69) is 10.1 Å². The summed E-state index contributed by atoms with van der Waals surface area (Å²) in [6.45, 7) is 0.660. The number of aliphatic imine (C=N–C) groups is 1. The fraction of sp³-hybridized carbons (Fsp3) is 0.333. The van der Waals surface area contributed by atoms with Gasteiger partial charge in [0, 0.05) is 22.9 Å². The summed E-state index contributed by atoms with van der Waals surface area (Å²) in [5.74, 6) is 0.387. The van der Waals surface area contributed by atoms with Crippen LogP contribution in [0.1, 0.15) is 5.56 Å². The molecule has 1 aromatic carbocycles. The largest absolute Gasteiger partial charge is 0.411 e. The van der Waals surface area contributed by atoms with Crippen LogP contribution in [0.3, 0.4) is 0 Å². The third-order valence-electron chi connectivity index (χ3n) is 2.65. The lowest BCUT2D eigenvalue weighted by molar-refractivity contribution is 0.319. The average Bonchev–Trinajstić information content (AvgIpc) is 2.89. The van der Waals surface area contributed by atoms with Crippen LogP contribution in [0.15, 0.2) is 34.4 Å². The topological polar surface area (TPSA) is 79.1 Å². The van der Waals surface area contributed by atoms with Gasteiger partial charge >= 0.3 is 0 Å². The van der Waals surface area contributed by atoms with Crippen molar-refractivity contribution in [3.8, 4) is 0 Å². The molecule has 0 spiro atoms. The van der Waals surface area contributed by atoms with E-state index in [4.69, 9.17) is 16.8 Å². The zero-order chi connectivity index (χ0) is 14.6. The van der Waals surface area contributed by atoms with Gasteiger partial charge in [-0.3, -0.25) is 4.99 Å². The number of hydrogen-bond acceptors (Lipinski definition) is 6. The molecule has 0 aliphatic carbocycles. The summed E-state index contributed by atoms with van der Waals surface area (Å²) in [6.07, 6.45) is 0. The highest BCUT2D eigenvalue weighted by Crippen LogP contribution is 2.15. The van der Waals surface area contributed by atoms with Gasteiger partial charge in [-0.2, -0.15) is 0 Å². The molecule has 0 saturated carbocycles. The molecule has 0 saturated heterocycles. The summed E-state index contributed by atoms with van der Waals surface area (Å²) in [5.41, 5.74) is 0.631. The third kappa shape index (κ3) is 4.22. The van der Waals surface area contributed by atoms with Gasteiger partial charge in [0.15, 0.2) is 9.84 Å². The molecule has 1 aliphatic rings. The van der Waals surface area contributed by atoms with Crippen LogP contribution in [0.25, 0.3) is 0 Å². The summed E-state index contributed by atoms with van der Waals surface area (Å²) in [4.78, 5) is 4.12. The lowest BCUT2D eigenvalue weighted by atomic mass is 10.1. The number of thioether (sulfide) groups is 1. The Kier molecular flexibility index (Phi) is 5.06. The van der Waals surface area contributed by atoms with Gasteiger partial charge in [-0.05, 0) is 12.1 Å². The Morgan fingerprint density at radius 1 is 1.40 bits per heavy atom. The Balaban J connectivity index is 2.11. The minimum Gasteiger partial charge on any atom is -0.411 e. The first-order chi connectivity index (χ1) is 9.50. The minimum absolute atomic E-state index is 0.102. The van der Waals surface area contributed by atoms with Crippen molar-refractivity contribution in [2.45, 2.75) is 0 Å². The Hall–Kier alpha value is -1.05. The molecule has 0 aromatic heterocycles. The summed E-state index contributed by atoms with van der Waals surface area (Å²) in [6, 6.07) is 6.47. The number of sulfone groups is 1. The van der Waals surface area contributed by atoms with Crippen molar-refractivity contribution >= 4 is 44.0 Å². The van der Waals surface area contributed by atoms with Crippen LogP contribution in [-0.4, -0.2) is 48.2 Å². The fourth-order valence-corrected chi connectivity index (χ4v) is 4.54. The Morgan fingerprint density at radius 2 is 2.10 bits per heavy atom. The van der Waals surface area contributed by atoms with Gasteiger partial charge in [0.25, 0.3) is 0 Å². The van der Waals surface area contributed by atoms with Crippen LogP contribution in [0.4, 0.5) is 0 Å². The van der Waals surface area contributed by atoms with Crippen LogP contribution < -0.4 is 0 Å². The molecular weight excluding hydrogens is 320 g/mol. The summed E-state index contributed by atoms with van der Waals surface area (Å²) < 4.78 is 24.2. The van der Waals surface area contributed by atoms with Crippen LogP contribution in [-0.2, 0) is 9.84 Å². The van der Waals surface area contributed by atoms with Crippen molar-refractivity contribution in [1.82, 2.24) is 0 Å². The molecule has 5 nitrogen and oxygen atoms in total. The first-order valence-electron chi connectivity index (χ1n) is 5.83. The average molecular weight is 333 g/mol. The summed E-state index contributed by atoms with van der Waals surface area (Å²) in [5, 5.41) is 13.3. The molecule has 1 N–H and O–H groups in total.